The third kappa shape index (κ3) is 2.87. The highest BCUT2D eigenvalue weighted by molar-refractivity contribution is 4.72. The first-order valence-electron chi connectivity index (χ1n) is 2.97. The lowest BCUT2D eigenvalue weighted by Crippen LogP contribution is -2.52. The van der Waals surface area contributed by atoms with E-state index in [0.717, 1.165) is 0 Å². The van der Waals surface area contributed by atoms with E-state index in [0.29, 0.717) is 0 Å². The molecule has 0 heterocycles. The molecule has 0 unspecified atom stereocenters. The second-order valence-corrected chi connectivity index (χ2v) is 2.23. The first-order valence-corrected chi connectivity index (χ1v) is 2.97. The van der Waals surface area contributed by atoms with Crippen LogP contribution in [0.4, 0.5) is 44.0 Å². The van der Waals surface area contributed by atoms with Crippen molar-refractivity contribution in [2.45, 2.75) is 24.5 Å². The second kappa shape index (κ2) is 3.91. The molecule has 0 saturated heterocycles. The molecule has 0 fully saturated rings. The summed E-state index contributed by atoms with van der Waals surface area (Å²) < 4.78 is 117. The molecule has 0 atom stereocenters. The minimum Gasteiger partial charge on any atom is -0.241 e. The van der Waals surface area contributed by atoms with E-state index in [1.165, 1.54) is 9.68 Å². The molecular formula is C4F10O2. The maximum atomic E-state index is 11.9. The van der Waals surface area contributed by atoms with Crippen molar-refractivity contribution in [1.82, 2.24) is 0 Å². The highest BCUT2D eigenvalue weighted by atomic mass is 19.4. The number of hydrogen-bond acceptors (Lipinski definition) is 2. The summed E-state index contributed by atoms with van der Waals surface area (Å²) in [6.07, 6.45) is -26.1. The number of ether oxygens (including phenoxy) is 1. The molecule has 0 aromatic carbocycles. The molecule has 0 aliphatic heterocycles. The summed E-state index contributed by atoms with van der Waals surface area (Å²) >= 11 is 0. The summed E-state index contributed by atoms with van der Waals surface area (Å²) in [7, 11) is 0. The van der Waals surface area contributed by atoms with Crippen LogP contribution in [0.3, 0.4) is 0 Å². The predicted molar refractivity (Wildman–Crippen MR) is 24.2 cm³/mol. The van der Waals surface area contributed by atoms with Gasteiger partial charge in [0.15, 0.2) is 0 Å². The van der Waals surface area contributed by atoms with Gasteiger partial charge in [-0.15, -0.1) is 4.94 Å². The minimum absolute atomic E-state index is 1.25. The van der Waals surface area contributed by atoms with Gasteiger partial charge in [-0.1, -0.05) is 0 Å². The fourth-order valence-electron chi connectivity index (χ4n) is 0.323. The van der Waals surface area contributed by atoms with Crippen LogP contribution in [0, 0.1) is 0 Å². The molecule has 0 spiro atoms. The van der Waals surface area contributed by atoms with E-state index in [1.807, 2.05) is 0 Å². The summed E-state index contributed by atoms with van der Waals surface area (Å²) in [5.41, 5.74) is 0. The Labute approximate surface area is 79.6 Å². The van der Waals surface area contributed by atoms with Crippen molar-refractivity contribution < 1.29 is 53.7 Å². The van der Waals surface area contributed by atoms with Crippen LogP contribution < -0.4 is 0 Å². The van der Waals surface area contributed by atoms with E-state index >= 15 is 0 Å². The van der Waals surface area contributed by atoms with Gasteiger partial charge in [-0.25, -0.2) is 4.74 Å². The van der Waals surface area contributed by atoms with E-state index in [2.05, 4.69) is 0 Å². The molecule has 0 radical (unpaired) electrons. The maximum absolute atomic E-state index is 11.9. The highest BCUT2D eigenvalue weighted by Crippen LogP contribution is 2.45. The minimum atomic E-state index is -6.68. The van der Waals surface area contributed by atoms with Crippen LogP contribution in [0.15, 0.2) is 0 Å². The van der Waals surface area contributed by atoms with Crippen LogP contribution >= 0.6 is 0 Å². The van der Waals surface area contributed by atoms with Crippen molar-refractivity contribution >= 4 is 0 Å². The van der Waals surface area contributed by atoms with Gasteiger partial charge in [0, 0.05) is 0 Å². The van der Waals surface area contributed by atoms with Crippen LogP contribution in [-0.2, 0) is 9.68 Å². The van der Waals surface area contributed by atoms with Crippen LogP contribution in [0.5, 0.6) is 0 Å². The lowest BCUT2D eigenvalue weighted by Gasteiger charge is -2.27. The zero-order valence-electron chi connectivity index (χ0n) is 6.60. The average Bonchev–Trinajstić information content (AvgIpc) is 1.99. The Bertz CT molecular complexity index is 244. The van der Waals surface area contributed by atoms with Crippen LogP contribution in [0.1, 0.15) is 0 Å². The van der Waals surface area contributed by atoms with Gasteiger partial charge >= 0.3 is 24.5 Å². The van der Waals surface area contributed by atoms with Crippen molar-refractivity contribution in [1.29, 1.82) is 0 Å². The third-order valence-electron chi connectivity index (χ3n) is 1.02. The van der Waals surface area contributed by atoms with Gasteiger partial charge in [0.2, 0.25) is 0 Å². The van der Waals surface area contributed by atoms with Crippen LogP contribution in [-0.4, -0.2) is 24.5 Å². The standard InChI is InChI=1S/C4F10O2/c5-1(6,7)2(8,9)15-3(10,11)4(12,13)16-14. The molecule has 12 heteroatoms. The summed E-state index contributed by atoms with van der Waals surface area (Å²) in [5.74, 6) is 0. The van der Waals surface area contributed by atoms with Crippen molar-refractivity contribution in [2.75, 3.05) is 0 Å². The molecule has 0 aliphatic carbocycles. The molecule has 0 N–H and O–H groups in total. The molecule has 2 nitrogen and oxygen atoms in total. The number of halogens is 10. The smallest absolute Gasteiger partial charge is 0.241 e. The lowest BCUT2D eigenvalue weighted by molar-refractivity contribution is -0.538. The van der Waals surface area contributed by atoms with Gasteiger partial charge in [0.05, 0.1) is 0 Å². The Balaban J connectivity index is 4.99. The molecule has 0 bridgehead atoms. The Morgan fingerprint density at radius 2 is 0.938 bits per heavy atom. The lowest BCUT2D eigenvalue weighted by atomic mass is 10.5. The number of alkyl halides is 9. The van der Waals surface area contributed by atoms with E-state index in [-0.39, 0.29) is 0 Å². The molecule has 16 heavy (non-hydrogen) atoms. The average molecular weight is 270 g/mol. The van der Waals surface area contributed by atoms with Crippen molar-refractivity contribution in [2.24, 2.45) is 0 Å². The summed E-state index contributed by atoms with van der Waals surface area (Å²) in [5, 5.41) is 0. The number of hydrogen-bond donors (Lipinski definition) is 0. The molecule has 0 amide bonds. The van der Waals surface area contributed by atoms with E-state index in [1.54, 1.807) is 0 Å². The van der Waals surface area contributed by atoms with Gasteiger partial charge in [0.25, 0.3) is 0 Å². The van der Waals surface area contributed by atoms with Gasteiger partial charge in [-0.2, -0.15) is 39.5 Å². The van der Waals surface area contributed by atoms with E-state index < -0.39 is 24.5 Å². The van der Waals surface area contributed by atoms with Crippen LogP contribution in [0.2, 0.25) is 0 Å². The molecule has 98 valence electrons. The van der Waals surface area contributed by atoms with E-state index in [9.17, 15) is 44.0 Å². The molecule has 0 aromatic rings. The molecule has 0 aromatic heterocycles. The van der Waals surface area contributed by atoms with E-state index in [4.69, 9.17) is 0 Å². The SMILES string of the molecule is FOC(F)(F)C(F)(F)OC(F)(F)C(F)(F)F. The van der Waals surface area contributed by atoms with Gasteiger partial charge in [0.1, 0.15) is 0 Å². The van der Waals surface area contributed by atoms with Crippen molar-refractivity contribution in [3.05, 3.63) is 0 Å². The predicted octanol–water partition coefficient (Wildman–Crippen LogP) is 3.24. The number of rotatable bonds is 4. The Hall–Kier alpha value is -0.780. The Morgan fingerprint density at radius 3 is 1.19 bits per heavy atom. The maximum Gasteiger partial charge on any atom is 0.483 e. The monoisotopic (exact) mass is 270 g/mol. The van der Waals surface area contributed by atoms with Crippen LogP contribution in [0.25, 0.3) is 0 Å². The fraction of sp³-hybridized carbons (Fsp3) is 1.00. The van der Waals surface area contributed by atoms with Gasteiger partial charge in [-0.05, 0) is 4.53 Å². The molecular weight excluding hydrogens is 270 g/mol. The molecule has 0 rings (SSSR count). The van der Waals surface area contributed by atoms with Gasteiger partial charge in [-0.3, -0.25) is 0 Å². The Morgan fingerprint density at radius 1 is 0.562 bits per heavy atom. The normalized spacial score (nSPS) is 15.4. The van der Waals surface area contributed by atoms with Crippen molar-refractivity contribution in [3.8, 4) is 0 Å². The van der Waals surface area contributed by atoms with Crippen molar-refractivity contribution in [3.63, 3.8) is 0 Å². The summed E-state index contributed by atoms with van der Waals surface area (Å²) in [4.78, 5) is 1.25. The Kier molecular flexibility index (Phi) is 3.72. The molecule has 0 aliphatic rings. The first kappa shape index (κ1) is 15.2. The largest absolute Gasteiger partial charge is 0.483 e. The quantitative estimate of drug-likeness (QED) is 0.730. The fourth-order valence-corrected chi connectivity index (χ4v) is 0.323. The molecule has 0 saturated carbocycles. The topological polar surface area (TPSA) is 18.5 Å². The third-order valence-corrected chi connectivity index (χ3v) is 1.02. The zero-order chi connectivity index (χ0) is 13.4. The summed E-state index contributed by atoms with van der Waals surface area (Å²) in [6, 6.07) is 0. The summed E-state index contributed by atoms with van der Waals surface area (Å²) in [6.45, 7) is 0. The zero-order valence-corrected chi connectivity index (χ0v) is 6.60. The first-order chi connectivity index (χ1) is 6.77. The second-order valence-electron chi connectivity index (χ2n) is 2.23. The highest BCUT2D eigenvalue weighted by Gasteiger charge is 2.71. The van der Waals surface area contributed by atoms with Gasteiger partial charge < -0.3 is 0 Å².